The molecule has 0 spiro atoms. The second kappa shape index (κ2) is 5.75. The number of Topliss-reactive ketones (excluding diaryl/α,β-unsaturated/α-hetero) is 1. The third kappa shape index (κ3) is 3.08. The molecule has 0 bridgehead atoms. The number of carbonyl (C=O) groups excluding carboxylic acids is 1. The van der Waals surface area contributed by atoms with Gasteiger partial charge in [0.15, 0.2) is 5.78 Å². The van der Waals surface area contributed by atoms with Crippen LogP contribution in [0.5, 0.6) is 0 Å². The zero-order valence-electron chi connectivity index (χ0n) is 10.4. The fourth-order valence-electron chi connectivity index (χ4n) is 1.87. The van der Waals surface area contributed by atoms with Crippen LogP contribution < -0.4 is 0 Å². The van der Waals surface area contributed by atoms with Crippen LogP contribution in [0.2, 0.25) is 0 Å². The van der Waals surface area contributed by atoms with Gasteiger partial charge in [0.25, 0.3) is 0 Å². The van der Waals surface area contributed by atoms with E-state index in [2.05, 4.69) is 0 Å². The molecule has 21 heavy (non-hydrogen) atoms. The minimum atomic E-state index is -1.63. The second-order valence-corrected chi connectivity index (χ2v) is 4.25. The predicted molar refractivity (Wildman–Crippen MR) is 65.4 cm³/mol. The van der Waals surface area contributed by atoms with Crippen LogP contribution in [-0.2, 0) is 0 Å². The molecule has 6 heteroatoms. The first kappa shape index (κ1) is 14.7. The summed E-state index contributed by atoms with van der Waals surface area (Å²) in [6.07, 6.45) is 0. The Morgan fingerprint density at radius 1 is 0.952 bits per heavy atom. The van der Waals surface area contributed by atoms with Gasteiger partial charge in [-0.25, -0.2) is 17.6 Å². The highest BCUT2D eigenvalue weighted by atomic mass is 19.1. The normalized spacial score (nSPS) is 11.8. The number of hydrogen-bond donors (Lipinski definition) is 0. The number of hydrogen-bond acceptors (Lipinski definition) is 2. The fraction of sp³-hybridized carbons (Fsp3) is 0.0667. The van der Waals surface area contributed by atoms with E-state index in [0.29, 0.717) is 12.1 Å². The van der Waals surface area contributed by atoms with Gasteiger partial charge in [-0.3, -0.25) is 4.79 Å². The third-order valence-corrected chi connectivity index (χ3v) is 2.80. The van der Waals surface area contributed by atoms with Gasteiger partial charge in [-0.05, 0) is 35.9 Å². The van der Waals surface area contributed by atoms with Gasteiger partial charge in [-0.1, -0.05) is 0 Å². The van der Waals surface area contributed by atoms with E-state index in [4.69, 9.17) is 5.26 Å². The maximum Gasteiger partial charge on any atom is 0.187 e. The highest BCUT2D eigenvalue weighted by Gasteiger charge is 2.25. The topological polar surface area (TPSA) is 40.9 Å². The van der Waals surface area contributed by atoms with E-state index >= 15 is 0 Å². The maximum atomic E-state index is 13.5. The largest absolute Gasteiger partial charge is 0.292 e. The van der Waals surface area contributed by atoms with Crippen LogP contribution >= 0.6 is 0 Å². The van der Waals surface area contributed by atoms with Crippen LogP contribution in [-0.4, -0.2) is 5.78 Å². The summed E-state index contributed by atoms with van der Waals surface area (Å²) in [6.45, 7) is 0. The molecule has 0 aromatic heterocycles. The fourth-order valence-corrected chi connectivity index (χ4v) is 1.87. The molecule has 2 nitrogen and oxygen atoms in total. The Kier molecular flexibility index (Phi) is 4.03. The van der Waals surface area contributed by atoms with E-state index in [-0.39, 0.29) is 5.56 Å². The molecule has 0 N–H and O–H groups in total. The predicted octanol–water partition coefficient (Wildman–Crippen LogP) is 3.73. The van der Waals surface area contributed by atoms with Gasteiger partial charge in [0, 0.05) is 6.07 Å². The van der Waals surface area contributed by atoms with E-state index in [1.165, 1.54) is 0 Å². The Morgan fingerprint density at radius 3 is 2.14 bits per heavy atom. The lowest BCUT2D eigenvalue weighted by Crippen LogP contribution is -2.14. The number of nitriles is 1. The molecule has 2 aromatic rings. The van der Waals surface area contributed by atoms with Crippen molar-refractivity contribution in [2.45, 2.75) is 5.92 Å². The molecule has 2 aromatic carbocycles. The van der Waals surface area contributed by atoms with Crippen LogP contribution in [0.4, 0.5) is 17.6 Å². The van der Waals surface area contributed by atoms with Gasteiger partial charge < -0.3 is 0 Å². The molecule has 0 amide bonds. The van der Waals surface area contributed by atoms with Gasteiger partial charge in [0.2, 0.25) is 0 Å². The SMILES string of the molecule is N#CC(C(=O)c1cc(F)ccc1F)c1cc(F)cc(F)c1. The van der Waals surface area contributed by atoms with Gasteiger partial charge in [-0.15, -0.1) is 0 Å². The smallest absolute Gasteiger partial charge is 0.187 e. The number of benzene rings is 2. The molecule has 0 aliphatic heterocycles. The van der Waals surface area contributed by atoms with Gasteiger partial charge >= 0.3 is 0 Å². The van der Waals surface area contributed by atoms with Gasteiger partial charge in [-0.2, -0.15) is 5.26 Å². The lowest BCUT2D eigenvalue weighted by atomic mass is 9.91. The number of nitrogens with zero attached hydrogens (tertiary/aromatic N) is 1. The molecule has 0 heterocycles. The number of rotatable bonds is 3. The van der Waals surface area contributed by atoms with Crippen molar-refractivity contribution in [1.29, 1.82) is 5.26 Å². The number of carbonyl (C=O) groups is 1. The summed E-state index contributed by atoms with van der Waals surface area (Å²) < 4.78 is 52.9. The molecule has 106 valence electrons. The average molecular weight is 293 g/mol. The average Bonchev–Trinajstić information content (AvgIpc) is 2.41. The standard InChI is InChI=1S/C15H7F4NO/c16-9-1-2-14(19)12(6-9)15(21)13(7-20)8-3-10(17)5-11(18)4-8/h1-6,13H. The molecular weight excluding hydrogens is 286 g/mol. The summed E-state index contributed by atoms with van der Waals surface area (Å²) in [5.41, 5.74) is -0.908. The van der Waals surface area contributed by atoms with Crippen LogP contribution in [0.1, 0.15) is 21.8 Å². The molecular formula is C15H7F4NO. The summed E-state index contributed by atoms with van der Waals surface area (Å²) in [5, 5.41) is 9.02. The lowest BCUT2D eigenvalue weighted by Gasteiger charge is -2.10. The van der Waals surface area contributed by atoms with Gasteiger partial charge in [0.05, 0.1) is 11.6 Å². The molecule has 0 radical (unpaired) electrons. The molecule has 2 rings (SSSR count). The maximum absolute atomic E-state index is 13.5. The Morgan fingerprint density at radius 2 is 1.57 bits per heavy atom. The molecule has 0 saturated heterocycles. The van der Waals surface area contributed by atoms with Crippen LogP contribution in [0.15, 0.2) is 36.4 Å². The first-order chi connectivity index (χ1) is 9.92. The molecule has 1 unspecified atom stereocenters. The van der Waals surface area contributed by atoms with Crippen molar-refractivity contribution in [1.82, 2.24) is 0 Å². The first-order valence-corrected chi connectivity index (χ1v) is 5.77. The lowest BCUT2D eigenvalue weighted by molar-refractivity contribution is 0.0974. The van der Waals surface area contributed by atoms with E-state index in [1.807, 2.05) is 0 Å². The Balaban J connectivity index is 2.48. The summed E-state index contributed by atoms with van der Waals surface area (Å²) in [4.78, 5) is 12.1. The van der Waals surface area contributed by atoms with E-state index in [9.17, 15) is 22.4 Å². The highest BCUT2D eigenvalue weighted by molar-refractivity contribution is 6.02. The zero-order valence-corrected chi connectivity index (χ0v) is 10.4. The van der Waals surface area contributed by atoms with Crippen molar-refractivity contribution >= 4 is 5.78 Å². The van der Waals surface area contributed by atoms with Crippen molar-refractivity contribution in [3.63, 3.8) is 0 Å². The summed E-state index contributed by atoms with van der Waals surface area (Å²) >= 11 is 0. The zero-order chi connectivity index (χ0) is 15.6. The van der Waals surface area contributed by atoms with Crippen molar-refractivity contribution in [2.75, 3.05) is 0 Å². The van der Waals surface area contributed by atoms with Crippen LogP contribution in [0, 0.1) is 34.6 Å². The number of halogens is 4. The minimum Gasteiger partial charge on any atom is -0.292 e. The quantitative estimate of drug-likeness (QED) is 0.639. The van der Waals surface area contributed by atoms with E-state index in [0.717, 1.165) is 24.3 Å². The highest BCUT2D eigenvalue weighted by Crippen LogP contribution is 2.24. The third-order valence-electron chi connectivity index (χ3n) is 2.80. The summed E-state index contributed by atoms with van der Waals surface area (Å²) in [5.74, 6) is -6.53. The Hall–Kier alpha value is -2.68. The van der Waals surface area contributed by atoms with Crippen LogP contribution in [0.25, 0.3) is 0 Å². The van der Waals surface area contributed by atoms with Crippen LogP contribution in [0.3, 0.4) is 0 Å². The monoisotopic (exact) mass is 293 g/mol. The molecule has 1 atom stereocenters. The molecule has 0 aliphatic carbocycles. The van der Waals surface area contributed by atoms with Crippen molar-refractivity contribution in [3.05, 3.63) is 70.8 Å². The van der Waals surface area contributed by atoms with Crippen molar-refractivity contribution < 1.29 is 22.4 Å². The summed E-state index contributed by atoms with van der Waals surface area (Å²) in [6, 6.07) is 5.91. The van der Waals surface area contributed by atoms with Gasteiger partial charge in [0.1, 0.15) is 29.2 Å². The summed E-state index contributed by atoms with van der Waals surface area (Å²) in [7, 11) is 0. The van der Waals surface area contributed by atoms with E-state index < -0.39 is 40.5 Å². The molecule has 0 aliphatic rings. The second-order valence-electron chi connectivity index (χ2n) is 4.25. The minimum absolute atomic E-state index is 0.260. The first-order valence-electron chi connectivity index (χ1n) is 5.77. The molecule has 0 fully saturated rings. The van der Waals surface area contributed by atoms with Crippen molar-refractivity contribution in [3.8, 4) is 6.07 Å². The Labute approximate surface area is 117 Å². The Bertz CT molecular complexity index is 732. The number of ketones is 1. The van der Waals surface area contributed by atoms with E-state index in [1.54, 1.807) is 6.07 Å². The van der Waals surface area contributed by atoms with Crippen molar-refractivity contribution in [2.24, 2.45) is 0 Å². The molecule has 0 saturated carbocycles.